The molecule has 2 rings (SSSR count). The molecule has 5 nitrogen and oxygen atoms in total. The molecule has 0 bridgehead atoms. The molecule has 2 amide bonds. The lowest BCUT2D eigenvalue weighted by Crippen LogP contribution is -2.42. The minimum Gasteiger partial charge on any atom is -0.459 e. The fourth-order valence-electron chi connectivity index (χ4n) is 2.10. The lowest BCUT2D eigenvalue weighted by Gasteiger charge is -2.30. The van der Waals surface area contributed by atoms with Crippen LogP contribution in [0.25, 0.3) is 0 Å². The van der Waals surface area contributed by atoms with Gasteiger partial charge in [-0.2, -0.15) is 0 Å². The van der Waals surface area contributed by atoms with Gasteiger partial charge in [-0.25, -0.2) is 0 Å². The van der Waals surface area contributed by atoms with Crippen molar-refractivity contribution in [3.63, 3.8) is 0 Å². The molecule has 92 valence electrons. The maximum Gasteiger partial charge on any atom is 0.289 e. The van der Waals surface area contributed by atoms with Crippen LogP contribution in [0.2, 0.25) is 0 Å². The number of nitrogens with zero attached hydrogens (tertiary/aromatic N) is 1. The minimum atomic E-state index is -0.0923. The summed E-state index contributed by atoms with van der Waals surface area (Å²) in [4.78, 5) is 25.1. The smallest absolute Gasteiger partial charge is 0.289 e. The summed E-state index contributed by atoms with van der Waals surface area (Å²) in [7, 11) is 1.64. The van der Waals surface area contributed by atoms with Crippen molar-refractivity contribution in [1.29, 1.82) is 0 Å². The van der Waals surface area contributed by atoms with Gasteiger partial charge in [0.2, 0.25) is 5.91 Å². The van der Waals surface area contributed by atoms with Gasteiger partial charge in [-0.3, -0.25) is 9.59 Å². The molecule has 1 aromatic rings. The first kappa shape index (κ1) is 11.7. The number of hydrogen-bond acceptors (Lipinski definition) is 3. The lowest BCUT2D eigenvalue weighted by molar-refractivity contribution is -0.125. The fraction of sp³-hybridized carbons (Fsp3) is 0.500. The van der Waals surface area contributed by atoms with Crippen LogP contribution in [0.3, 0.4) is 0 Å². The number of carbonyl (C=O) groups is 2. The van der Waals surface area contributed by atoms with E-state index >= 15 is 0 Å². The van der Waals surface area contributed by atoms with E-state index in [4.69, 9.17) is 4.42 Å². The zero-order chi connectivity index (χ0) is 12.3. The van der Waals surface area contributed by atoms with Crippen molar-refractivity contribution in [2.24, 2.45) is 5.92 Å². The molecule has 1 N–H and O–H groups in total. The Morgan fingerprint density at radius 1 is 1.41 bits per heavy atom. The van der Waals surface area contributed by atoms with E-state index in [1.165, 1.54) is 6.26 Å². The van der Waals surface area contributed by atoms with Crippen molar-refractivity contribution < 1.29 is 14.0 Å². The van der Waals surface area contributed by atoms with Crippen molar-refractivity contribution >= 4 is 11.8 Å². The first-order valence-corrected chi connectivity index (χ1v) is 5.76. The number of piperidine rings is 1. The second-order valence-electron chi connectivity index (χ2n) is 4.16. The van der Waals surface area contributed by atoms with Gasteiger partial charge in [-0.05, 0) is 25.0 Å². The van der Waals surface area contributed by atoms with Crippen molar-refractivity contribution in [2.75, 3.05) is 20.1 Å². The molecule has 0 atom stereocenters. The minimum absolute atomic E-state index is 0.0284. The van der Waals surface area contributed by atoms with Crippen LogP contribution >= 0.6 is 0 Å². The molecule has 1 aromatic heterocycles. The van der Waals surface area contributed by atoms with E-state index in [9.17, 15) is 9.59 Å². The monoisotopic (exact) mass is 236 g/mol. The Bertz CT molecular complexity index is 392. The second-order valence-corrected chi connectivity index (χ2v) is 4.16. The van der Waals surface area contributed by atoms with Gasteiger partial charge < -0.3 is 14.6 Å². The maximum atomic E-state index is 11.9. The zero-order valence-corrected chi connectivity index (χ0v) is 9.81. The molecule has 0 saturated carbocycles. The Morgan fingerprint density at radius 3 is 2.65 bits per heavy atom. The SMILES string of the molecule is CNC(=O)C1CCN(C(=O)c2ccco2)CC1. The Hall–Kier alpha value is -1.78. The maximum absolute atomic E-state index is 11.9. The summed E-state index contributed by atoms with van der Waals surface area (Å²) in [6.45, 7) is 1.22. The summed E-state index contributed by atoms with van der Waals surface area (Å²) in [6, 6.07) is 3.36. The van der Waals surface area contributed by atoms with Crippen LogP contribution in [0.15, 0.2) is 22.8 Å². The van der Waals surface area contributed by atoms with Crippen LogP contribution in [0.5, 0.6) is 0 Å². The molecular weight excluding hydrogens is 220 g/mol. The number of nitrogens with one attached hydrogen (secondary N) is 1. The van der Waals surface area contributed by atoms with E-state index in [1.54, 1.807) is 24.1 Å². The van der Waals surface area contributed by atoms with E-state index in [0.29, 0.717) is 31.7 Å². The van der Waals surface area contributed by atoms with E-state index in [1.807, 2.05) is 0 Å². The third-order valence-electron chi connectivity index (χ3n) is 3.13. The van der Waals surface area contributed by atoms with E-state index in [2.05, 4.69) is 5.32 Å². The first-order valence-electron chi connectivity index (χ1n) is 5.76. The first-order chi connectivity index (χ1) is 8.22. The molecule has 0 radical (unpaired) electrons. The summed E-state index contributed by atoms with van der Waals surface area (Å²) in [5, 5.41) is 2.65. The van der Waals surface area contributed by atoms with Crippen LogP contribution < -0.4 is 5.32 Å². The van der Waals surface area contributed by atoms with E-state index in [0.717, 1.165) is 0 Å². The molecule has 1 aliphatic heterocycles. The van der Waals surface area contributed by atoms with Gasteiger partial charge >= 0.3 is 0 Å². The van der Waals surface area contributed by atoms with Gasteiger partial charge in [0, 0.05) is 26.1 Å². The highest BCUT2D eigenvalue weighted by molar-refractivity contribution is 5.91. The van der Waals surface area contributed by atoms with Crippen LogP contribution in [0.1, 0.15) is 23.4 Å². The Morgan fingerprint density at radius 2 is 2.12 bits per heavy atom. The molecule has 1 fully saturated rings. The van der Waals surface area contributed by atoms with Crippen molar-refractivity contribution in [1.82, 2.24) is 10.2 Å². The van der Waals surface area contributed by atoms with Crippen LogP contribution in [-0.2, 0) is 4.79 Å². The normalized spacial score (nSPS) is 16.9. The average molecular weight is 236 g/mol. The number of amides is 2. The molecule has 1 saturated heterocycles. The number of likely N-dealkylation sites (tertiary alicyclic amines) is 1. The van der Waals surface area contributed by atoms with Crippen molar-refractivity contribution in [3.05, 3.63) is 24.2 Å². The van der Waals surface area contributed by atoms with Gasteiger partial charge in [0.1, 0.15) is 0 Å². The molecule has 1 aliphatic rings. The van der Waals surface area contributed by atoms with Crippen LogP contribution in [-0.4, -0.2) is 36.9 Å². The summed E-state index contributed by atoms with van der Waals surface area (Å²) in [6.07, 6.45) is 2.92. The molecule has 5 heteroatoms. The topological polar surface area (TPSA) is 62.6 Å². The molecule has 17 heavy (non-hydrogen) atoms. The lowest BCUT2D eigenvalue weighted by atomic mass is 9.96. The summed E-state index contributed by atoms with van der Waals surface area (Å²) in [5.74, 6) is 0.365. The molecule has 0 spiro atoms. The zero-order valence-electron chi connectivity index (χ0n) is 9.81. The van der Waals surface area contributed by atoms with Gasteiger partial charge in [-0.1, -0.05) is 0 Å². The van der Waals surface area contributed by atoms with Crippen LogP contribution in [0, 0.1) is 5.92 Å². The molecule has 0 aliphatic carbocycles. The number of furan rings is 1. The molecule has 0 aromatic carbocycles. The summed E-state index contributed by atoms with van der Waals surface area (Å²) in [5.41, 5.74) is 0. The Balaban J connectivity index is 1.91. The third kappa shape index (κ3) is 2.49. The molecule has 2 heterocycles. The highest BCUT2D eigenvalue weighted by Crippen LogP contribution is 2.19. The predicted octanol–water partition coefficient (Wildman–Crippen LogP) is 0.878. The highest BCUT2D eigenvalue weighted by Gasteiger charge is 2.27. The van der Waals surface area contributed by atoms with Gasteiger partial charge in [0.25, 0.3) is 5.91 Å². The van der Waals surface area contributed by atoms with Crippen LogP contribution in [0.4, 0.5) is 0 Å². The highest BCUT2D eigenvalue weighted by atomic mass is 16.3. The van der Waals surface area contributed by atoms with Gasteiger partial charge in [-0.15, -0.1) is 0 Å². The summed E-state index contributed by atoms with van der Waals surface area (Å²) < 4.78 is 5.07. The number of carbonyl (C=O) groups excluding carboxylic acids is 2. The number of rotatable bonds is 2. The van der Waals surface area contributed by atoms with E-state index in [-0.39, 0.29) is 17.7 Å². The predicted molar refractivity (Wildman–Crippen MR) is 61.4 cm³/mol. The Labute approximate surface area is 99.8 Å². The largest absolute Gasteiger partial charge is 0.459 e. The average Bonchev–Trinajstić information content (AvgIpc) is 2.91. The fourth-order valence-corrected chi connectivity index (χ4v) is 2.10. The van der Waals surface area contributed by atoms with Crippen molar-refractivity contribution in [2.45, 2.75) is 12.8 Å². The number of hydrogen-bond donors (Lipinski definition) is 1. The molecular formula is C12H16N2O3. The quantitative estimate of drug-likeness (QED) is 0.829. The standard InChI is InChI=1S/C12H16N2O3/c1-13-11(15)9-4-6-14(7-5-9)12(16)10-3-2-8-17-10/h2-3,8-9H,4-7H2,1H3,(H,13,15). The second kappa shape index (κ2) is 5.03. The van der Waals surface area contributed by atoms with E-state index < -0.39 is 0 Å². The third-order valence-corrected chi connectivity index (χ3v) is 3.13. The van der Waals surface area contributed by atoms with Gasteiger partial charge in [0.05, 0.1) is 6.26 Å². The molecule has 0 unspecified atom stereocenters. The van der Waals surface area contributed by atoms with Gasteiger partial charge in [0.15, 0.2) is 5.76 Å². The Kier molecular flexibility index (Phi) is 3.46. The van der Waals surface area contributed by atoms with Crippen molar-refractivity contribution in [3.8, 4) is 0 Å². The summed E-state index contributed by atoms with van der Waals surface area (Å²) >= 11 is 0.